The number of anilines is 1. The van der Waals surface area contributed by atoms with Crippen molar-refractivity contribution in [3.8, 4) is 6.07 Å². The van der Waals surface area contributed by atoms with Crippen LogP contribution in [0, 0.1) is 17.1 Å². The maximum atomic E-state index is 13.4. The van der Waals surface area contributed by atoms with Gasteiger partial charge in [0.05, 0.1) is 17.7 Å². The van der Waals surface area contributed by atoms with Crippen LogP contribution in [0.15, 0.2) is 42.5 Å². The Morgan fingerprint density at radius 3 is 2.71 bits per heavy atom. The lowest BCUT2D eigenvalue weighted by molar-refractivity contribution is -0.146. The van der Waals surface area contributed by atoms with Crippen LogP contribution in [0.4, 0.5) is 10.1 Å². The van der Waals surface area contributed by atoms with E-state index >= 15 is 0 Å². The van der Waals surface area contributed by atoms with E-state index in [2.05, 4.69) is 5.32 Å². The average Bonchev–Trinajstić information content (AvgIpc) is 2.55. The fraction of sp³-hybridized carbons (Fsp3) is 0.118. The number of nitrogens with zero attached hydrogens (tertiary/aromatic N) is 1. The summed E-state index contributed by atoms with van der Waals surface area (Å²) in [4.78, 5) is 23.5. The summed E-state index contributed by atoms with van der Waals surface area (Å²) in [5.41, 5.74) is 0.634. The van der Waals surface area contributed by atoms with Crippen molar-refractivity contribution < 1.29 is 18.7 Å². The van der Waals surface area contributed by atoms with Gasteiger partial charge in [0.2, 0.25) is 0 Å². The summed E-state index contributed by atoms with van der Waals surface area (Å²) in [5.74, 6) is -1.88. The summed E-state index contributed by atoms with van der Waals surface area (Å²) in [6.07, 6.45) is -0.277. The van der Waals surface area contributed by atoms with Gasteiger partial charge in [-0.1, -0.05) is 29.8 Å². The SMILES string of the molecule is N#Cc1ccc(Cl)cc1NC(=O)COC(=O)Cc1ccccc1F. The summed E-state index contributed by atoms with van der Waals surface area (Å²) < 4.78 is 18.2. The highest BCUT2D eigenvalue weighted by molar-refractivity contribution is 6.31. The predicted molar refractivity (Wildman–Crippen MR) is 85.9 cm³/mol. The van der Waals surface area contributed by atoms with Crippen molar-refractivity contribution >= 4 is 29.2 Å². The van der Waals surface area contributed by atoms with Crippen molar-refractivity contribution in [2.75, 3.05) is 11.9 Å². The van der Waals surface area contributed by atoms with Gasteiger partial charge in [-0.2, -0.15) is 5.26 Å². The minimum Gasteiger partial charge on any atom is -0.455 e. The minimum atomic E-state index is -0.734. The van der Waals surface area contributed by atoms with Gasteiger partial charge in [-0.05, 0) is 29.8 Å². The number of carbonyl (C=O) groups excluding carboxylic acids is 2. The molecule has 2 aromatic carbocycles. The standard InChI is InChI=1S/C17H12ClFN2O3/c18-13-6-5-12(9-20)15(8-13)21-16(22)10-24-17(23)7-11-3-1-2-4-14(11)19/h1-6,8H,7,10H2,(H,21,22). The first-order chi connectivity index (χ1) is 11.5. The molecular formula is C17H12ClFN2O3. The molecule has 1 N–H and O–H groups in total. The maximum Gasteiger partial charge on any atom is 0.310 e. The third-order valence-corrected chi connectivity index (χ3v) is 3.27. The molecule has 0 radical (unpaired) electrons. The van der Waals surface area contributed by atoms with Gasteiger partial charge in [-0.3, -0.25) is 9.59 Å². The molecule has 0 heterocycles. The first-order valence-corrected chi connectivity index (χ1v) is 7.26. The van der Waals surface area contributed by atoms with Crippen LogP contribution in [-0.2, 0) is 20.7 Å². The largest absolute Gasteiger partial charge is 0.455 e. The zero-order valence-corrected chi connectivity index (χ0v) is 13.1. The van der Waals surface area contributed by atoms with Gasteiger partial charge in [0.15, 0.2) is 6.61 Å². The van der Waals surface area contributed by atoms with E-state index < -0.39 is 24.3 Å². The van der Waals surface area contributed by atoms with Crippen molar-refractivity contribution in [1.82, 2.24) is 0 Å². The Balaban J connectivity index is 1.90. The van der Waals surface area contributed by atoms with Gasteiger partial charge in [-0.25, -0.2) is 4.39 Å². The average molecular weight is 347 g/mol. The molecule has 2 rings (SSSR count). The van der Waals surface area contributed by atoms with Gasteiger partial charge in [-0.15, -0.1) is 0 Å². The molecule has 7 heteroatoms. The van der Waals surface area contributed by atoms with Crippen molar-refractivity contribution in [3.05, 3.63) is 64.4 Å². The van der Waals surface area contributed by atoms with Crippen LogP contribution in [0.1, 0.15) is 11.1 Å². The molecule has 2 aromatic rings. The second-order valence-corrected chi connectivity index (χ2v) is 5.22. The number of hydrogen-bond donors (Lipinski definition) is 1. The third kappa shape index (κ3) is 4.80. The molecule has 0 unspecified atom stereocenters. The lowest BCUT2D eigenvalue weighted by Gasteiger charge is -2.08. The fourth-order valence-corrected chi connectivity index (χ4v) is 2.07. The van der Waals surface area contributed by atoms with Gasteiger partial charge < -0.3 is 10.1 Å². The molecule has 0 aliphatic carbocycles. The number of amides is 1. The molecule has 122 valence electrons. The van der Waals surface area contributed by atoms with Crippen LogP contribution in [0.5, 0.6) is 0 Å². The van der Waals surface area contributed by atoms with Crippen LogP contribution < -0.4 is 5.32 Å². The Morgan fingerprint density at radius 2 is 2.00 bits per heavy atom. The van der Waals surface area contributed by atoms with E-state index in [0.717, 1.165) is 0 Å². The van der Waals surface area contributed by atoms with E-state index in [1.807, 2.05) is 6.07 Å². The Hall–Kier alpha value is -2.91. The molecule has 24 heavy (non-hydrogen) atoms. The third-order valence-electron chi connectivity index (χ3n) is 3.03. The topological polar surface area (TPSA) is 79.2 Å². The number of ether oxygens (including phenoxy) is 1. The molecule has 0 saturated carbocycles. The van der Waals surface area contributed by atoms with E-state index in [-0.39, 0.29) is 23.2 Å². The van der Waals surface area contributed by atoms with E-state index in [9.17, 15) is 14.0 Å². The maximum absolute atomic E-state index is 13.4. The number of nitrogens with one attached hydrogen (secondary N) is 1. The van der Waals surface area contributed by atoms with Gasteiger partial charge in [0.25, 0.3) is 5.91 Å². The summed E-state index contributed by atoms with van der Waals surface area (Å²) >= 11 is 5.81. The number of halogens is 2. The molecule has 0 bridgehead atoms. The summed E-state index contributed by atoms with van der Waals surface area (Å²) in [6, 6.07) is 12.1. The molecule has 0 fully saturated rings. The van der Waals surface area contributed by atoms with Crippen molar-refractivity contribution in [1.29, 1.82) is 5.26 Å². The van der Waals surface area contributed by atoms with Crippen LogP contribution in [-0.4, -0.2) is 18.5 Å². The summed E-state index contributed by atoms with van der Waals surface area (Å²) in [7, 11) is 0. The molecular weight excluding hydrogens is 335 g/mol. The van der Waals surface area contributed by atoms with Gasteiger partial charge in [0, 0.05) is 5.02 Å². The lowest BCUT2D eigenvalue weighted by Crippen LogP contribution is -2.22. The molecule has 5 nitrogen and oxygen atoms in total. The van der Waals surface area contributed by atoms with Crippen molar-refractivity contribution in [2.45, 2.75) is 6.42 Å². The highest BCUT2D eigenvalue weighted by atomic mass is 35.5. The number of esters is 1. The molecule has 0 aliphatic rings. The molecule has 1 amide bonds. The second-order valence-electron chi connectivity index (χ2n) is 4.78. The number of rotatable bonds is 5. The number of benzene rings is 2. The highest BCUT2D eigenvalue weighted by Crippen LogP contribution is 2.20. The Kier molecular flexibility index (Phi) is 5.88. The summed E-state index contributed by atoms with van der Waals surface area (Å²) in [5, 5.41) is 11.7. The normalized spacial score (nSPS) is 9.88. The van der Waals surface area contributed by atoms with Gasteiger partial charge in [0.1, 0.15) is 11.9 Å². The van der Waals surface area contributed by atoms with E-state index in [1.54, 1.807) is 6.07 Å². The molecule has 0 aliphatic heterocycles. The van der Waals surface area contributed by atoms with E-state index in [1.165, 1.54) is 36.4 Å². The first kappa shape index (κ1) is 17.4. The number of carbonyl (C=O) groups is 2. The smallest absolute Gasteiger partial charge is 0.310 e. The lowest BCUT2D eigenvalue weighted by atomic mass is 10.1. The number of hydrogen-bond acceptors (Lipinski definition) is 4. The molecule has 0 saturated heterocycles. The first-order valence-electron chi connectivity index (χ1n) is 6.88. The zero-order chi connectivity index (χ0) is 17.5. The predicted octanol–water partition coefficient (Wildman–Crippen LogP) is 3.08. The monoisotopic (exact) mass is 346 g/mol. The Bertz CT molecular complexity index is 818. The second kappa shape index (κ2) is 8.09. The minimum absolute atomic E-state index is 0.185. The van der Waals surface area contributed by atoms with Crippen molar-refractivity contribution in [3.63, 3.8) is 0 Å². The Morgan fingerprint density at radius 1 is 1.25 bits per heavy atom. The van der Waals surface area contributed by atoms with Crippen LogP contribution in [0.3, 0.4) is 0 Å². The van der Waals surface area contributed by atoms with Crippen LogP contribution in [0.25, 0.3) is 0 Å². The van der Waals surface area contributed by atoms with E-state index in [4.69, 9.17) is 21.6 Å². The quantitative estimate of drug-likeness (QED) is 0.844. The van der Waals surface area contributed by atoms with Crippen LogP contribution in [0.2, 0.25) is 5.02 Å². The molecule has 0 aromatic heterocycles. The Labute approximate surface area is 142 Å². The fourth-order valence-electron chi connectivity index (χ4n) is 1.90. The van der Waals surface area contributed by atoms with Crippen LogP contribution >= 0.6 is 11.6 Å². The number of nitriles is 1. The summed E-state index contributed by atoms with van der Waals surface area (Å²) in [6.45, 7) is -0.551. The highest BCUT2D eigenvalue weighted by Gasteiger charge is 2.12. The zero-order valence-electron chi connectivity index (χ0n) is 12.4. The van der Waals surface area contributed by atoms with Crippen molar-refractivity contribution in [2.24, 2.45) is 0 Å². The van der Waals surface area contributed by atoms with E-state index in [0.29, 0.717) is 5.02 Å². The van der Waals surface area contributed by atoms with Gasteiger partial charge >= 0.3 is 5.97 Å². The molecule has 0 spiro atoms. The molecule has 0 atom stereocenters.